The lowest BCUT2D eigenvalue weighted by Crippen LogP contribution is -3.00. The van der Waals surface area contributed by atoms with Gasteiger partial charge in [0, 0.05) is 0 Å². The van der Waals surface area contributed by atoms with Gasteiger partial charge in [0.2, 0.25) is 0 Å². The molecule has 0 bridgehead atoms. The van der Waals surface area contributed by atoms with E-state index in [4.69, 9.17) is 10.2 Å². The van der Waals surface area contributed by atoms with Gasteiger partial charge in [0.05, 0.1) is 26.8 Å². The molecule has 0 aromatic heterocycles. The highest BCUT2D eigenvalue weighted by Crippen LogP contribution is 2.05. The Hall–Kier alpha value is 0.170. The second-order valence-corrected chi connectivity index (χ2v) is 3.94. The lowest BCUT2D eigenvalue weighted by Gasteiger charge is -2.33. The van der Waals surface area contributed by atoms with Gasteiger partial charge >= 0.3 is 0 Å². The summed E-state index contributed by atoms with van der Waals surface area (Å²) in [5.74, 6) is 0. The fourth-order valence-corrected chi connectivity index (χ4v) is 1.56. The summed E-state index contributed by atoms with van der Waals surface area (Å²) in [6.07, 6.45) is 3.65. The van der Waals surface area contributed by atoms with Crippen LogP contribution in [0.3, 0.4) is 0 Å². The van der Waals surface area contributed by atoms with E-state index in [2.05, 4.69) is 14.0 Å². The van der Waals surface area contributed by atoms with E-state index < -0.39 is 0 Å². The molecule has 0 radical (unpaired) electrons. The van der Waals surface area contributed by atoms with E-state index >= 15 is 0 Å². The van der Waals surface area contributed by atoms with E-state index in [0.717, 1.165) is 24.1 Å². The first kappa shape index (κ1) is 16.6. The van der Waals surface area contributed by atoms with Gasteiger partial charge in [-0.1, -0.05) is 13.3 Å². The zero-order chi connectivity index (χ0) is 10.2. The quantitative estimate of drug-likeness (QED) is 0.358. The molecule has 0 aromatic rings. The highest BCUT2D eigenvalue weighted by Gasteiger charge is 2.18. The molecule has 0 aliphatic carbocycles. The molecule has 14 heavy (non-hydrogen) atoms. The lowest BCUT2D eigenvalue weighted by atomic mass is 10.2. The number of hydrogen-bond donors (Lipinski definition) is 2. The largest absolute Gasteiger partial charge is 1.00 e. The zero-order valence-electron chi connectivity index (χ0n) is 9.38. The maximum Gasteiger partial charge on any atom is 0.102 e. The lowest BCUT2D eigenvalue weighted by molar-refractivity contribution is -0.910. The first-order valence-electron chi connectivity index (χ1n) is 5.24. The van der Waals surface area contributed by atoms with E-state index in [0.29, 0.717) is 0 Å². The van der Waals surface area contributed by atoms with E-state index in [1.165, 1.54) is 19.3 Å². The Bertz CT molecular complexity index is 117. The van der Waals surface area contributed by atoms with Crippen molar-refractivity contribution in [3.8, 4) is 0 Å². The maximum absolute atomic E-state index is 8.89. The predicted molar refractivity (Wildman–Crippen MR) is 54.5 cm³/mol. The molecule has 0 saturated heterocycles. The number of nitrogens with zero attached hydrogens (tertiary/aromatic N) is 1. The summed E-state index contributed by atoms with van der Waals surface area (Å²) in [4.78, 5) is 0. The SMILES string of the molecule is CCCCC[N+](C)(CCO)CCO.[Cl-]. The van der Waals surface area contributed by atoms with Crippen molar-refractivity contribution in [1.82, 2.24) is 0 Å². The molecule has 0 saturated carbocycles. The van der Waals surface area contributed by atoms with Gasteiger partial charge in [-0.2, -0.15) is 0 Å². The van der Waals surface area contributed by atoms with Crippen LogP contribution in [-0.4, -0.2) is 54.6 Å². The number of quaternary nitrogens is 1. The molecule has 4 heteroatoms. The Kier molecular flexibility index (Phi) is 11.5. The third-order valence-corrected chi connectivity index (χ3v) is 2.58. The van der Waals surface area contributed by atoms with Crippen molar-refractivity contribution in [3.05, 3.63) is 0 Å². The van der Waals surface area contributed by atoms with Gasteiger partial charge in [0.25, 0.3) is 0 Å². The summed E-state index contributed by atoms with van der Waals surface area (Å²) >= 11 is 0. The van der Waals surface area contributed by atoms with Crippen LogP contribution in [-0.2, 0) is 0 Å². The van der Waals surface area contributed by atoms with Crippen molar-refractivity contribution in [1.29, 1.82) is 0 Å². The molecule has 2 N–H and O–H groups in total. The van der Waals surface area contributed by atoms with Gasteiger partial charge < -0.3 is 27.1 Å². The number of rotatable bonds is 8. The molecule has 88 valence electrons. The van der Waals surface area contributed by atoms with Gasteiger partial charge in [-0.15, -0.1) is 0 Å². The Balaban J connectivity index is 0. The van der Waals surface area contributed by atoms with Crippen molar-refractivity contribution in [2.45, 2.75) is 26.2 Å². The molecule has 0 aromatic carbocycles. The molecule has 0 unspecified atom stereocenters. The van der Waals surface area contributed by atoms with Crippen LogP contribution in [0.15, 0.2) is 0 Å². The zero-order valence-corrected chi connectivity index (χ0v) is 10.1. The summed E-state index contributed by atoms with van der Waals surface area (Å²) in [5, 5.41) is 17.8. The first-order valence-corrected chi connectivity index (χ1v) is 5.24. The summed E-state index contributed by atoms with van der Waals surface area (Å²) in [5.41, 5.74) is 0. The Morgan fingerprint density at radius 2 is 1.43 bits per heavy atom. The van der Waals surface area contributed by atoms with E-state index in [1.54, 1.807) is 0 Å². The molecule has 0 fully saturated rings. The summed E-state index contributed by atoms with van der Waals surface area (Å²) < 4.78 is 0.799. The molecule has 0 atom stereocenters. The molecular weight excluding hydrogens is 202 g/mol. The Morgan fingerprint density at radius 1 is 0.929 bits per heavy atom. The van der Waals surface area contributed by atoms with Crippen molar-refractivity contribution < 1.29 is 27.1 Å². The second kappa shape index (κ2) is 9.71. The first-order chi connectivity index (χ1) is 6.18. The number of aliphatic hydroxyl groups excluding tert-OH is 2. The van der Waals surface area contributed by atoms with Gasteiger partial charge in [-0.3, -0.25) is 0 Å². The third-order valence-electron chi connectivity index (χ3n) is 2.58. The van der Waals surface area contributed by atoms with Crippen molar-refractivity contribution in [3.63, 3.8) is 0 Å². The van der Waals surface area contributed by atoms with Crippen molar-refractivity contribution >= 4 is 0 Å². The van der Waals surface area contributed by atoms with Gasteiger partial charge in [0.1, 0.15) is 13.1 Å². The topological polar surface area (TPSA) is 40.5 Å². The number of aliphatic hydroxyl groups is 2. The Labute approximate surface area is 93.7 Å². The second-order valence-electron chi connectivity index (χ2n) is 3.94. The maximum atomic E-state index is 8.89. The third kappa shape index (κ3) is 7.56. The van der Waals surface area contributed by atoms with Crippen LogP contribution in [0.5, 0.6) is 0 Å². The van der Waals surface area contributed by atoms with Gasteiger partial charge in [0.15, 0.2) is 0 Å². The average Bonchev–Trinajstić information content (AvgIpc) is 2.05. The monoisotopic (exact) mass is 225 g/mol. The highest BCUT2D eigenvalue weighted by molar-refractivity contribution is 4.42. The van der Waals surface area contributed by atoms with E-state index in [9.17, 15) is 0 Å². The highest BCUT2D eigenvalue weighted by atomic mass is 35.5. The normalized spacial score (nSPS) is 11.1. The minimum Gasteiger partial charge on any atom is -1.00 e. The molecule has 0 heterocycles. The summed E-state index contributed by atoms with van der Waals surface area (Å²) in [6.45, 7) is 5.18. The van der Waals surface area contributed by atoms with Crippen LogP contribution in [0.25, 0.3) is 0 Å². The van der Waals surface area contributed by atoms with Crippen LogP contribution in [0, 0.1) is 0 Å². The molecule has 0 spiro atoms. The molecule has 3 nitrogen and oxygen atoms in total. The minimum atomic E-state index is 0. The average molecular weight is 226 g/mol. The van der Waals surface area contributed by atoms with E-state index in [-0.39, 0.29) is 25.6 Å². The Morgan fingerprint density at radius 3 is 1.79 bits per heavy atom. The van der Waals surface area contributed by atoms with Gasteiger partial charge in [-0.05, 0) is 12.8 Å². The van der Waals surface area contributed by atoms with Crippen LogP contribution >= 0.6 is 0 Å². The fraction of sp³-hybridized carbons (Fsp3) is 1.00. The van der Waals surface area contributed by atoms with Crippen molar-refractivity contribution in [2.24, 2.45) is 0 Å². The van der Waals surface area contributed by atoms with Crippen molar-refractivity contribution in [2.75, 3.05) is 39.9 Å². The summed E-state index contributed by atoms with van der Waals surface area (Å²) in [7, 11) is 2.10. The molecule has 0 amide bonds. The number of hydrogen-bond acceptors (Lipinski definition) is 2. The summed E-state index contributed by atoms with van der Waals surface area (Å²) in [6, 6.07) is 0. The van der Waals surface area contributed by atoms with Crippen LogP contribution in [0.1, 0.15) is 26.2 Å². The van der Waals surface area contributed by atoms with Crippen LogP contribution < -0.4 is 12.4 Å². The molecule has 0 rings (SSSR count). The molecule has 0 aliphatic rings. The van der Waals surface area contributed by atoms with Gasteiger partial charge in [-0.25, -0.2) is 0 Å². The number of halogens is 1. The van der Waals surface area contributed by atoms with Crippen LogP contribution in [0.4, 0.5) is 0 Å². The number of likely N-dealkylation sites (N-methyl/N-ethyl adjacent to an activating group) is 1. The smallest absolute Gasteiger partial charge is 0.102 e. The predicted octanol–water partition coefficient (Wildman–Crippen LogP) is -2.39. The number of unbranched alkanes of at least 4 members (excludes halogenated alkanes) is 2. The van der Waals surface area contributed by atoms with E-state index in [1.807, 2.05) is 0 Å². The fourth-order valence-electron chi connectivity index (χ4n) is 1.56. The standard InChI is InChI=1S/C10H24NO2.ClH/c1-3-4-5-6-11(2,7-9-12)8-10-13;/h12-13H,3-10H2,1-2H3;1H/q+1;/p-1. The minimum absolute atomic E-state index is 0. The molecular formula is C10H24ClNO2. The van der Waals surface area contributed by atoms with Crippen LogP contribution in [0.2, 0.25) is 0 Å². The molecule has 0 aliphatic heterocycles.